The molecular weight excluding hydrogens is 222 g/mol. The van der Waals surface area contributed by atoms with Crippen LogP contribution in [0, 0.1) is 11.8 Å². The van der Waals surface area contributed by atoms with Gasteiger partial charge in [0.2, 0.25) is 0 Å². The lowest BCUT2D eigenvalue weighted by molar-refractivity contribution is 0.0715. The molecule has 0 spiro atoms. The molecule has 1 saturated heterocycles. The average molecular weight is 251 g/mol. The zero-order valence-corrected chi connectivity index (χ0v) is 11.7. The van der Waals surface area contributed by atoms with Gasteiger partial charge in [0.1, 0.15) is 0 Å². The van der Waals surface area contributed by atoms with E-state index >= 15 is 0 Å². The Kier molecular flexibility index (Phi) is 4.22. The Morgan fingerprint density at radius 3 is 2.17 bits per heavy atom. The Bertz CT molecular complexity index is 250. The van der Waals surface area contributed by atoms with Crippen LogP contribution in [0.1, 0.15) is 38.5 Å². The lowest BCUT2D eigenvalue weighted by Gasteiger charge is -2.41. The SMILES string of the molecule is NCC(C1CCCC1)N1CCN(CC2CC2)CC1. The Balaban J connectivity index is 1.47. The molecule has 1 heterocycles. The molecule has 104 valence electrons. The molecular formula is C15H29N3. The highest BCUT2D eigenvalue weighted by Gasteiger charge is 2.32. The maximum Gasteiger partial charge on any atom is 0.0247 e. The third-order valence-electron chi connectivity index (χ3n) is 5.27. The summed E-state index contributed by atoms with van der Waals surface area (Å²) in [6.07, 6.45) is 8.67. The van der Waals surface area contributed by atoms with E-state index in [-0.39, 0.29) is 0 Å². The highest BCUT2D eigenvalue weighted by atomic mass is 15.3. The first-order chi connectivity index (χ1) is 8.86. The van der Waals surface area contributed by atoms with Gasteiger partial charge in [0.05, 0.1) is 0 Å². The van der Waals surface area contributed by atoms with Crippen LogP contribution in [0.25, 0.3) is 0 Å². The van der Waals surface area contributed by atoms with Crippen molar-refractivity contribution in [2.24, 2.45) is 17.6 Å². The van der Waals surface area contributed by atoms with Crippen molar-refractivity contribution in [1.82, 2.24) is 9.80 Å². The van der Waals surface area contributed by atoms with E-state index in [1.54, 1.807) is 0 Å². The van der Waals surface area contributed by atoms with Gasteiger partial charge in [0, 0.05) is 45.3 Å². The average Bonchev–Trinajstić information content (AvgIpc) is 3.05. The fourth-order valence-electron chi connectivity index (χ4n) is 3.92. The van der Waals surface area contributed by atoms with Crippen LogP contribution < -0.4 is 5.73 Å². The van der Waals surface area contributed by atoms with E-state index in [9.17, 15) is 0 Å². The number of nitrogens with zero attached hydrogens (tertiary/aromatic N) is 2. The smallest absolute Gasteiger partial charge is 0.0247 e. The normalized spacial score (nSPS) is 29.8. The van der Waals surface area contributed by atoms with Crippen molar-refractivity contribution in [3.63, 3.8) is 0 Å². The summed E-state index contributed by atoms with van der Waals surface area (Å²) < 4.78 is 0. The minimum absolute atomic E-state index is 0.676. The minimum atomic E-state index is 0.676. The molecule has 1 unspecified atom stereocenters. The van der Waals surface area contributed by atoms with Crippen LogP contribution in [-0.2, 0) is 0 Å². The van der Waals surface area contributed by atoms with Gasteiger partial charge in [-0.1, -0.05) is 12.8 Å². The van der Waals surface area contributed by atoms with Gasteiger partial charge in [-0.25, -0.2) is 0 Å². The molecule has 0 radical (unpaired) electrons. The minimum Gasteiger partial charge on any atom is -0.329 e. The third-order valence-corrected chi connectivity index (χ3v) is 5.27. The van der Waals surface area contributed by atoms with Crippen molar-refractivity contribution in [2.75, 3.05) is 39.3 Å². The predicted octanol–water partition coefficient (Wildman–Crippen LogP) is 1.53. The highest BCUT2D eigenvalue weighted by Crippen LogP contribution is 2.32. The Morgan fingerprint density at radius 2 is 1.61 bits per heavy atom. The van der Waals surface area contributed by atoms with Gasteiger partial charge in [-0.05, 0) is 37.5 Å². The van der Waals surface area contributed by atoms with Crippen molar-refractivity contribution in [1.29, 1.82) is 0 Å². The van der Waals surface area contributed by atoms with Gasteiger partial charge in [-0.3, -0.25) is 4.90 Å². The van der Waals surface area contributed by atoms with Gasteiger partial charge >= 0.3 is 0 Å². The Morgan fingerprint density at radius 1 is 0.944 bits per heavy atom. The molecule has 3 rings (SSSR count). The maximum atomic E-state index is 6.05. The fourth-order valence-corrected chi connectivity index (χ4v) is 3.92. The molecule has 0 aromatic carbocycles. The van der Waals surface area contributed by atoms with E-state index in [0.29, 0.717) is 6.04 Å². The van der Waals surface area contributed by atoms with Crippen molar-refractivity contribution >= 4 is 0 Å². The molecule has 1 aliphatic heterocycles. The summed E-state index contributed by atoms with van der Waals surface area (Å²) in [4.78, 5) is 5.37. The first-order valence-electron chi connectivity index (χ1n) is 8.03. The second-order valence-electron chi connectivity index (χ2n) is 6.63. The van der Waals surface area contributed by atoms with Crippen LogP contribution in [0.15, 0.2) is 0 Å². The maximum absolute atomic E-state index is 6.05. The molecule has 0 amide bonds. The molecule has 2 aliphatic carbocycles. The molecule has 3 heteroatoms. The van der Waals surface area contributed by atoms with Gasteiger partial charge in [0.15, 0.2) is 0 Å². The van der Waals surface area contributed by atoms with Crippen LogP contribution in [0.3, 0.4) is 0 Å². The zero-order chi connectivity index (χ0) is 12.4. The van der Waals surface area contributed by atoms with E-state index in [1.807, 2.05) is 0 Å². The molecule has 3 aliphatic rings. The summed E-state index contributed by atoms with van der Waals surface area (Å²) in [7, 11) is 0. The second-order valence-corrected chi connectivity index (χ2v) is 6.63. The summed E-state index contributed by atoms with van der Waals surface area (Å²) in [5, 5.41) is 0. The van der Waals surface area contributed by atoms with Crippen LogP contribution >= 0.6 is 0 Å². The Labute approximate surface area is 112 Å². The van der Waals surface area contributed by atoms with Gasteiger partial charge in [-0.15, -0.1) is 0 Å². The molecule has 0 bridgehead atoms. The molecule has 2 N–H and O–H groups in total. The first-order valence-corrected chi connectivity index (χ1v) is 8.03. The van der Waals surface area contributed by atoms with E-state index < -0.39 is 0 Å². The van der Waals surface area contributed by atoms with Crippen molar-refractivity contribution in [3.05, 3.63) is 0 Å². The molecule has 2 saturated carbocycles. The Hall–Kier alpha value is -0.120. The number of nitrogens with two attached hydrogens (primary N) is 1. The van der Waals surface area contributed by atoms with E-state index in [0.717, 1.165) is 18.4 Å². The van der Waals surface area contributed by atoms with Crippen LogP contribution in [0.4, 0.5) is 0 Å². The summed E-state index contributed by atoms with van der Waals surface area (Å²) in [5.74, 6) is 1.93. The molecule has 3 fully saturated rings. The summed E-state index contributed by atoms with van der Waals surface area (Å²) in [6.45, 7) is 7.30. The fraction of sp³-hybridized carbons (Fsp3) is 1.00. The van der Waals surface area contributed by atoms with E-state index in [1.165, 1.54) is 71.2 Å². The third kappa shape index (κ3) is 3.06. The number of rotatable bonds is 5. The molecule has 1 atom stereocenters. The predicted molar refractivity (Wildman–Crippen MR) is 75.5 cm³/mol. The standard InChI is InChI=1S/C15H29N3/c16-11-15(14-3-1-2-4-14)18-9-7-17(8-10-18)12-13-5-6-13/h13-15H,1-12,16H2. The number of hydrogen-bond donors (Lipinski definition) is 1. The quantitative estimate of drug-likeness (QED) is 0.804. The van der Waals surface area contributed by atoms with E-state index in [2.05, 4.69) is 9.80 Å². The summed E-state index contributed by atoms with van der Waals surface area (Å²) in [5.41, 5.74) is 6.05. The van der Waals surface area contributed by atoms with Gasteiger partial charge in [-0.2, -0.15) is 0 Å². The zero-order valence-electron chi connectivity index (χ0n) is 11.7. The lowest BCUT2D eigenvalue weighted by atomic mass is 9.96. The molecule has 0 aromatic rings. The monoisotopic (exact) mass is 251 g/mol. The van der Waals surface area contributed by atoms with Gasteiger partial charge < -0.3 is 10.6 Å². The lowest BCUT2D eigenvalue weighted by Crippen LogP contribution is -2.54. The molecule has 3 nitrogen and oxygen atoms in total. The van der Waals surface area contributed by atoms with Crippen LogP contribution in [-0.4, -0.2) is 55.1 Å². The van der Waals surface area contributed by atoms with Gasteiger partial charge in [0.25, 0.3) is 0 Å². The van der Waals surface area contributed by atoms with Crippen LogP contribution in [0.5, 0.6) is 0 Å². The van der Waals surface area contributed by atoms with Crippen molar-refractivity contribution in [3.8, 4) is 0 Å². The largest absolute Gasteiger partial charge is 0.329 e. The number of hydrogen-bond acceptors (Lipinski definition) is 3. The summed E-state index contributed by atoms with van der Waals surface area (Å²) >= 11 is 0. The highest BCUT2D eigenvalue weighted by molar-refractivity contribution is 4.87. The second kappa shape index (κ2) is 5.89. The molecule has 18 heavy (non-hydrogen) atoms. The molecule has 0 aromatic heterocycles. The summed E-state index contributed by atoms with van der Waals surface area (Å²) in [6, 6.07) is 0.676. The van der Waals surface area contributed by atoms with Crippen molar-refractivity contribution in [2.45, 2.75) is 44.6 Å². The number of piperazine rings is 1. The van der Waals surface area contributed by atoms with E-state index in [4.69, 9.17) is 5.73 Å². The first kappa shape index (κ1) is 12.9. The topological polar surface area (TPSA) is 32.5 Å². The van der Waals surface area contributed by atoms with Crippen molar-refractivity contribution < 1.29 is 0 Å². The van der Waals surface area contributed by atoms with Crippen LogP contribution in [0.2, 0.25) is 0 Å².